The molecule has 3 atom stereocenters. The van der Waals surface area contributed by atoms with Crippen molar-refractivity contribution in [2.24, 2.45) is 5.92 Å². The summed E-state index contributed by atoms with van der Waals surface area (Å²) >= 11 is 0. The lowest BCUT2D eigenvalue weighted by Crippen LogP contribution is -2.11. The Hall–Kier alpha value is -0.800. The van der Waals surface area contributed by atoms with Gasteiger partial charge in [-0.05, 0) is 38.3 Å². The maximum atomic E-state index is 9.83. The molecule has 1 aromatic rings. The van der Waals surface area contributed by atoms with E-state index in [2.05, 4.69) is 6.92 Å². The smallest absolute Gasteiger partial charge is 0.135 e. The fraction of sp³-hybridized carbons (Fsp3) is 0.692. The lowest BCUT2D eigenvalue weighted by atomic mass is 10.2. The van der Waals surface area contributed by atoms with Crippen LogP contribution in [0.2, 0.25) is 0 Å². The van der Waals surface area contributed by atoms with E-state index >= 15 is 0 Å². The maximum absolute atomic E-state index is 9.83. The van der Waals surface area contributed by atoms with Gasteiger partial charge in [0.2, 0.25) is 0 Å². The third kappa shape index (κ3) is 2.66. The van der Waals surface area contributed by atoms with Crippen LogP contribution in [0.25, 0.3) is 0 Å². The SMILES string of the molecule is CC(C)OCC(O)c1ccc(C2CC2C)o1. The quantitative estimate of drug-likeness (QED) is 0.836. The van der Waals surface area contributed by atoms with Gasteiger partial charge in [0, 0.05) is 5.92 Å². The van der Waals surface area contributed by atoms with E-state index in [1.54, 1.807) is 0 Å². The second-order valence-electron chi connectivity index (χ2n) is 4.96. The van der Waals surface area contributed by atoms with Crippen LogP contribution in [0.3, 0.4) is 0 Å². The fourth-order valence-corrected chi connectivity index (χ4v) is 1.83. The molecule has 1 aliphatic carbocycles. The highest BCUT2D eigenvalue weighted by atomic mass is 16.5. The number of hydrogen-bond donors (Lipinski definition) is 1. The summed E-state index contributed by atoms with van der Waals surface area (Å²) in [5.41, 5.74) is 0. The van der Waals surface area contributed by atoms with Crippen LogP contribution < -0.4 is 0 Å². The number of ether oxygens (including phenoxy) is 1. The van der Waals surface area contributed by atoms with Crippen molar-refractivity contribution in [1.82, 2.24) is 0 Å². The fourth-order valence-electron chi connectivity index (χ4n) is 1.83. The zero-order chi connectivity index (χ0) is 11.7. The van der Waals surface area contributed by atoms with Gasteiger partial charge in [-0.1, -0.05) is 6.92 Å². The number of aliphatic hydroxyl groups is 1. The number of hydrogen-bond acceptors (Lipinski definition) is 3. The first-order valence-corrected chi connectivity index (χ1v) is 5.97. The van der Waals surface area contributed by atoms with Crippen molar-refractivity contribution < 1.29 is 14.3 Å². The predicted octanol–water partition coefficient (Wildman–Crippen LogP) is 2.86. The normalized spacial score (nSPS) is 26.1. The van der Waals surface area contributed by atoms with Crippen molar-refractivity contribution in [3.63, 3.8) is 0 Å². The lowest BCUT2D eigenvalue weighted by molar-refractivity contribution is -0.00384. The molecule has 1 heterocycles. The number of rotatable bonds is 5. The van der Waals surface area contributed by atoms with E-state index in [1.165, 1.54) is 6.42 Å². The molecule has 0 aromatic carbocycles. The number of furan rings is 1. The van der Waals surface area contributed by atoms with Crippen LogP contribution in [-0.4, -0.2) is 17.8 Å². The van der Waals surface area contributed by atoms with Gasteiger partial charge in [-0.3, -0.25) is 0 Å². The van der Waals surface area contributed by atoms with Crippen LogP contribution in [0.5, 0.6) is 0 Å². The van der Waals surface area contributed by atoms with Gasteiger partial charge in [0.1, 0.15) is 17.6 Å². The van der Waals surface area contributed by atoms with Gasteiger partial charge in [-0.25, -0.2) is 0 Å². The van der Waals surface area contributed by atoms with Gasteiger partial charge in [-0.2, -0.15) is 0 Å². The highest BCUT2D eigenvalue weighted by molar-refractivity contribution is 5.18. The van der Waals surface area contributed by atoms with Crippen LogP contribution in [0, 0.1) is 5.92 Å². The summed E-state index contributed by atoms with van der Waals surface area (Å²) in [6, 6.07) is 3.83. The largest absolute Gasteiger partial charge is 0.463 e. The molecule has 3 unspecified atom stereocenters. The summed E-state index contributed by atoms with van der Waals surface area (Å²) in [5.74, 6) is 2.91. The minimum absolute atomic E-state index is 0.132. The lowest BCUT2D eigenvalue weighted by Gasteiger charge is -2.11. The topological polar surface area (TPSA) is 42.6 Å². The molecule has 1 N–H and O–H groups in total. The minimum atomic E-state index is -0.648. The summed E-state index contributed by atoms with van der Waals surface area (Å²) in [4.78, 5) is 0. The summed E-state index contributed by atoms with van der Waals surface area (Å²) in [7, 11) is 0. The Labute approximate surface area is 96.4 Å². The standard InChI is InChI=1S/C13H20O3/c1-8(2)15-7-11(14)13-5-4-12(16-13)10-6-9(10)3/h4-5,8-11,14H,6-7H2,1-3H3. The molecule has 16 heavy (non-hydrogen) atoms. The second kappa shape index (κ2) is 4.60. The molecule has 1 saturated carbocycles. The average Bonchev–Trinajstić information content (AvgIpc) is 2.80. The van der Waals surface area contributed by atoms with Crippen molar-refractivity contribution >= 4 is 0 Å². The molecule has 2 rings (SSSR count). The molecule has 3 heteroatoms. The van der Waals surface area contributed by atoms with E-state index in [-0.39, 0.29) is 6.10 Å². The summed E-state index contributed by atoms with van der Waals surface area (Å²) in [6.45, 7) is 6.41. The molecule has 0 aliphatic heterocycles. The van der Waals surface area contributed by atoms with Gasteiger partial charge >= 0.3 is 0 Å². The van der Waals surface area contributed by atoms with Crippen molar-refractivity contribution in [2.75, 3.05) is 6.61 Å². The van der Waals surface area contributed by atoms with E-state index in [4.69, 9.17) is 9.15 Å². The Morgan fingerprint density at radius 3 is 2.75 bits per heavy atom. The van der Waals surface area contributed by atoms with Gasteiger partial charge in [0.15, 0.2) is 0 Å². The van der Waals surface area contributed by atoms with Crippen molar-refractivity contribution in [3.8, 4) is 0 Å². The number of aliphatic hydroxyl groups excluding tert-OH is 1. The molecule has 0 saturated heterocycles. The van der Waals surface area contributed by atoms with Crippen LogP contribution in [-0.2, 0) is 4.74 Å². The Balaban J connectivity index is 1.91. The van der Waals surface area contributed by atoms with Gasteiger partial charge in [0.25, 0.3) is 0 Å². The van der Waals surface area contributed by atoms with Gasteiger partial charge in [0.05, 0.1) is 12.7 Å². The van der Waals surface area contributed by atoms with E-state index in [0.29, 0.717) is 18.3 Å². The third-order valence-electron chi connectivity index (χ3n) is 3.04. The molecule has 3 nitrogen and oxygen atoms in total. The molecular formula is C13H20O3. The van der Waals surface area contributed by atoms with Crippen LogP contribution in [0.15, 0.2) is 16.5 Å². The van der Waals surface area contributed by atoms with Crippen LogP contribution in [0.4, 0.5) is 0 Å². The second-order valence-corrected chi connectivity index (χ2v) is 4.96. The van der Waals surface area contributed by atoms with Crippen LogP contribution in [0.1, 0.15) is 50.7 Å². The monoisotopic (exact) mass is 224 g/mol. The molecular weight excluding hydrogens is 204 g/mol. The molecule has 0 bridgehead atoms. The maximum Gasteiger partial charge on any atom is 0.135 e. The van der Waals surface area contributed by atoms with Crippen molar-refractivity contribution in [2.45, 2.75) is 45.3 Å². The highest BCUT2D eigenvalue weighted by Crippen LogP contribution is 2.47. The Morgan fingerprint density at radius 2 is 2.19 bits per heavy atom. The first kappa shape index (κ1) is 11.7. The molecule has 1 fully saturated rings. The predicted molar refractivity (Wildman–Crippen MR) is 61.3 cm³/mol. The molecule has 0 amide bonds. The van der Waals surface area contributed by atoms with Gasteiger partial charge < -0.3 is 14.3 Å². The Kier molecular flexibility index (Phi) is 3.36. The first-order chi connectivity index (χ1) is 7.58. The van der Waals surface area contributed by atoms with Gasteiger partial charge in [-0.15, -0.1) is 0 Å². The Bertz CT molecular complexity index is 343. The van der Waals surface area contributed by atoms with Crippen LogP contribution >= 0.6 is 0 Å². The molecule has 90 valence electrons. The van der Waals surface area contributed by atoms with E-state index < -0.39 is 6.10 Å². The summed E-state index contributed by atoms with van der Waals surface area (Å²) in [5, 5.41) is 9.83. The molecule has 1 aliphatic rings. The average molecular weight is 224 g/mol. The van der Waals surface area contributed by atoms with E-state index in [1.807, 2.05) is 26.0 Å². The first-order valence-electron chi connectivity index (χ1n) is 5.97. The Morgan fingerprint density at radius 1 is 1.50 bits per heavy atom. The van der Waals surface area contributed by atoms with E-state index in [0.717, 1.165) is 11.7 Å². The minimum Gasteiger partial charge on any atom is -0.463 e. The van der Waals surface area contributed by atoms with Crippen molar-refractivity contribution in [3.05, 3.63) is 23.7 Å². The van der Waals surface area contributed by atoms with E-state index in [9.17, 15) is 5.11 Å². The van der Waals surface area contributed by atoms with Crippen molar-refractivity contribution in [1.29, 1.82) is 0 Å². The molecule has 1 aromatic heterocycles. The zero-order valence-corrected chi connectivity index (χ0v) is 10.1. The zero-order valence-electron chi connectivity index (χ0n) is 10.1. The summed E-state index contributed by atoms with van der Waals surface area (Å²) in [6.07, 6.45) is 0.684. The molecule has 0 radical (unpaired) electrons. The molecule has 0 spiro atoms. The summed E-state index contributed by atoms with van der Waals surface area (Å²) < 4.78 is 11.0. The third-order valence-corrected chi connectivity index (χ3v) is 3.04. The highest BCUT2D eigenvalue weighted by Gasteiger charge is 2.36.